The summed E-state index contributed by atoms with van der Waals surface area (Å²) in [7, 11) is 0. The SMILES string of the molecule is CCN(/N=C/c1ccc(C(=O)NO)cc1)C(=O)c1ccccc1C(F)(F)F. The highest BCUT2D eigenvalue weighted by molar-refractivity contribution is 5.97. The average molecular weight is 379 g/mol. The summed E-state index contributed by atoms with van der Waals surface area (Å²) in [6.45, 7) is 1.65. The van der Waals surface area contributed by atoms with Crippen LogP contribution in [0.25, 0.3) is 0 Å². The summed E-state index contributed by atoms with van der Waals surface area (Å²) in [6, 6.07) is 10.4. The van der Waals surface area contributed by atoms with Gasteiger partial charge in [-0.3, -0.25) is 14.8 Å². The molecule has 142 valence electrons. The van der Waals surface area contributed by atoms with Crippen molar-refractivity contribution in [1.29, 1.82) is 0 Å². The Morgan fingerprint density at radius 3 is 2.33 bits per heavy atom. The fourth-order valence-electron chi connectivity index (χ4n) is 2.26. The van der Waals surface area contributed by atoms with Gasteiger partial charge in [0, 0.05) is 12.1 Å². The predicted octanol–water partition coefficient (Wildman–Crippen LogP) is 3.32. The maximum Gasteiger partial charge on any atom is 0.417 e. The van der Waals surface area contributed by atoms with Gasteiger partial charge in [0.25, 0.3) is 11.8 Å². The highest BCUT2D eigenvalue weighted by atomic mass is 19.4. The minimum atomic E-state index is -4.65. The van der Waals surface area contributed by atoms with Gasteiger partial charge in [0.2, 0.25) is 0 Å². The summed E-state index contributed by atoms with van der Waals surface area (Å²) in [4.78, 5) is 23.7. The van der Waals surface area contributed by atoms with Crippen LogP contribution in [0.4, 0.5) is 13.2 Å². The molecule has 0 aliphatic heterocycles. The fraction of sp³-hybridized carbons (Fsp3) is 0.167. The molecule has 0 heterocycles. The largest absolute Gasteiger partial charge is 0.417 e. The Bertz CT molecular complexity index is 849. The summed E-state index contributed by atoms with van der Waals surface area (Å²) in [5.41, 5.74) is 0.701. The molecule has 0 saturated heterocycles. The highest BCUT2D eigenvalue weighted by Gasteiger charge is 2.35. The first-order chi connectivity index (χ1) is 12.8. The summed E-state index contributed by atoms with van der Waals surface area (Å²) in [5, 5.41) is 13.4. The molecule has 2 amide bonds. The molecule has 0 aromatic heterocycles. The van der Waals surface area contributed by atoms with Crippen LogP contribution >= 0.6 is 0 Å². The lowest BCUT2D eigenvalue weighted by atomic mass is 10.1. The number of carbonyl (C=O) groups is 2. The van der Waals surface area contributed by atoms with Crippen molar-refractivity contribution in [3.8, 4) is 0 Å². The van der Waals surface area contributed by atoms with E-state index in [1.165, 1.54) is 48.1 Å². The number of nitrogens with one attached hydrogen (secondary N) is 1. The van der Waals surface area contributed by atoms with E-state index in [2.05, 4.69) is 5.10 Å². The maximum atomic E-state index is 13.1. The van der Waals surface area contributed by atoms with Crippen molar-refractivity contribution < 1.29 is 28.0 Å². The van der Waals surface area contributed by atoms with Gasteiger partial charge in [-0.2, -0.15) is 18.3 Å². The molecule has 0 aliphatic rings. The molecule has 0 bridgehead atoms. The summed E-state index contributed by atoms with van der Waals surface area (Å²) < 4.78 is 39.3. The standard InChI is InChI=1S/C18H16F3N3O3/c1-2-24(17(26)14-5-3-4-6-15(14)18(19,20)21)22-11-12-7-9-13(10-8-12)16(25)23-27/h3-11,27H,2H2,1H3,(H,23,25)/b22-11+. The van der Waals surface area contributed by atoms with E-state index in [9.17, 15) is 22.8 Å². The Labute approximate surface area is 152 Å². The second kappa shape index (κ2) is 8.45. The molecule has 6 nitrogen and oxygen atoms in total. The second-order valence-corrected chi connectivity index (χ2v) is 5.37. The van der Waals surface area contributed by atoms with E-state index in [0.29, 0.717) is 5.56 Å². The van der Waals surface area contributed by atoms with Crippen LogP contribution in [0.3, 0.4) is 0 Å². The molecule has 2 aromatic carbocycles. The van der Waals surface area contributed by atoms with Crippen LogP contribution in [0.2, 0.25) is 0 Å². The number of rotatable bonds is 5. The number of halogens is 3. The molecule has 27 heavy (non-hydrogen) atoms. The van der Waals surface area contributed by atoms with Crippen LogP contribution in [-0.2, 0) is 6.18 Å². The van der Waals surface area contributed by atoms with E-state index in [1.807, 2.05) is 0 Å². The van der Waals surface area contributed by atoms with E-state index >= 15 is 0 Å². The summed E-state index contributed by atoms with van der Waals surface area (Å²) in [6.07, 6.45) is -3.36. The van der Waals surface area contributed by atoms with E-state index in [4.69, 9.17) is 5.21 Å². The normalized spacial score (nSPS) is 11.4. The van der Waals surface area contributed by atoms with Crippen molar-refractivity contribution in [2.45, 2.75) is 13.1 Å². The van der Waals surface area contributed by atoms with Gasteiger partial charge in [0.05, 0.1) is 17.3 Å². The first-order valence-electron chi connectivity index (χ1n) is 7.84. The van der Waals surface area contributed by atoms with Crippen molar-refractivity contribution in [2.24, 2.45) is 5.10 Å². The number of nitrogens with zero attached hydrogens (tertiary/aromatic N) is 2. The molecular formula is C18H16F3N3O3. The number of hydrogen-bond donors (Lipinski definition) is 2. The number of hydrazone groups is 1. The van der Waals surface area contributed by atoms with E-state index in [0.717, 1.165) is 17.1 Å². The van der Waals surface area contributed by atoms with Crippen molar-refractivity contribution >= 4 is 18.0 Å². The molecule has 9 heteroatoms. The van der Waals surface area contributed by atoms with E-state index < -0.39 is 29.1 Å². The van der Waals surface area contributed by atoms with Gasteiger partial charge >= 0.3 is 6.18 Å². The monoisotopic (exact) mass is 379 g/mol. The quantitative estimate of drug-likeness (QED) is 0.475. The van der Waals surface area contributed by atoms with Crippen LogP contribution in [-0.4, -0.2) is 34.8 Å². The van der Waals surface area contributed by atoms with Gasteiger partial charge in [-0.15, -0.1) is 0 Å². The molecule has 0 spiro atoms. The minimum Gasteiger partial charge on any atom is -0.288 e. The van der Waals surface area contributed by atoms with Crippen LogP contribution in [0, 0.1) is 0 Å². The van der Waals surface area contributed by atoms with Crippen molar-refractivity contribution in [3.05, 3.63) is 70.8 Å². The third-order valence-electron chi connectivity index (χ3n) is 3.62. The molecule has 0 aliphatic carbocycles. The van der Waals surface area contributed by atoms with Crippen LogP contribution in [0.1, 0.15) is 38.8 Å². The van der Waals surface area contributed by atoms with Gasteiger partial charge in [-0.05, 0) is 36.8 Å². The van der Waals surface area contributed by atoms with Crippen LogP contribution in [0.15, 0.2) is 53.6 Å². The van der Waals surface area contributed by atoms with Gasteiger partial charge in [0.15, 0.2) is 0 Å². The molecule has 0 saturated carbocycles. The molecule has 2 N–H and O–H groups in total. The average Bonchev–Trinajstić information content (AvgIpc) is 2.67. The zero-order chi connectivity index (χ0) is 20.0. The van der Waals surface area contributed by atoms with Gasteiger partial charge in [-0.1, -0.05) is 24.3 Å². The Balaban J connectivity index is 2.24. The molecular weight excluding hydrogens is 363 g/mol. The zero-order valence-corrected chi connectivity index (χ0v) is 14.2. The number of hydroxylamine groups is 1. The first-order valence-corrected chi connectivity index (χ1v) is 7.84. The third-order valence-corrected chi connectivity index (χ3v) is 3.62. The number of carbonyl (C=O) groups excluding carboxylic acids is 2. The highest BCUT2D eigenvalue weighted by Crippen LogP contribution is 2.32. The summed E-state index contributed by atoms with van der Waals surface area (Å²) >= 11 is 0. The minimum absolute atomic E-state index is 0.0620. The lowest BCUT2D eigenvalue weighted by molar-refractivity contribution is -0.138. The molecule has 0 atom stereocenters. The Morgan fingerprint density at radius 1 is 1.15 bits per heavy atom. The van der Waals surface area contributed by atoms with Gasteiger partial charge in [0.1, 0.15) is 0 Å². The topological polar surface area (TPSA) is 82.0 Å². The second-order valence-electron chi connectivity index (χ2n) is 5.37. The Hall–Kier alpha value is -3.20. The lowest BCUT2D eigenvalue weighted by Gasteiger charge is -2.18. The van der Waals surface area contributed by atoms with E-state index in [-0.39, 0.29) is 12.1 Å². The van der Waals surface area contributed by atoms with Crippen LogP contribution < -0.4 is 5.48 Å². The van der Waals surface area contributed by atoms with Crippen molar-refractivity contribution in [3.63, 3.8) is 0 Å². The van der Waals surface area contributed by atoms with Gasteiger partial charge < -0.3 is 0 Å². The number of amides is 2. The van der Waals surface area contributed by atoms with E-state index in [1.54, 1.807) is 6.92 Å². The number of benzene rings is 2. The first kappa shape index (κ1) is 20.1. The van der Waals surface area contributed by atoms with Gasteiger partial charge in [-0.25, -0.2) is 10.5 Å². The number of alkyl halides is 3. The fourth-order valence-corrected chi connectivity index (χ4v) is 2.26. The van der Waals surface area contributed by atoms with Crippen LogP contribution in [0.5, 0.6) is 0 Å². The molecule has 0 radical (unpaired) electrons. The molecule has 0 fully saturated rings. The van der Waals surface area contributed by atoms with Crippen molar-refractivity contribution in [2.75, 3.05) is 6.54 Å². The molecule has 2 rings (SSSR count). The lowest BCUT2D eigenvalue weighted by Crippen LogP contribution is -2.28. The predicted molar refractivity (Wildman–Crippen MR) is 91.4 cm³/mol. The molecule has 0 unspecified atom stereocenters. The zero-order valence-electron chi connectivity index (χ0n) is 14.2. The maximum absolute atomic E-state index is 13.1. The number of hydrogen-bond acceptors (Lipinski definition) is 4. The summed E-state index contributed by atoms with van der Waals surface area (Å²) in [5.74, 6) is -1.56. The molecule has 2 aromatic rings. The third kappa shape index (κ3) is 4.91. The Morgan fingerprint density at radius 2 is 1.78 bits per heavy atom. The smallest absolute Gasteiger partial charge is 0.288 e. The van der Waals surface area contributed by atoms with Crippen molar-refractivity contribution in [1.82, 2.24) is 10.5 Å². The Kier molecular flexibility index (Phi) is 6.30.